The Hall–Kier alpha value is -0.810. The summed E-state index contributed by atoms with van der Waals surface area (Å²) in [6.07, 6.45) is 2.75. The molecule has 0 radical (unpaired) electrons. The Morgan fingerprint density at radius 1 is 1.07 bits per heavy atom. The molecule has 0 aliphatic rings. The Kier molecular flexibility index (Phi) is 9.68. The maximum atomic E-state index is 10.7. The van der Waals surface area contributed by atoms with E-state index >= 15 is 0 Å². The summed E-state index contributed by atoms with van der Waals surface area (Å²) in [5.41, 5.74) is 0. The van der Waals surface area contributed by atoms with Crippen molar-refractivity contribution in [3.63, 3.8) is 0 Å². The molecular formula is C9H18O5. The van der Waals surface area contributed by atoms with E-state index in [1.165, 1.54) is 0 Å². The molecule has 84 valence electrons. The summed E-state index contributed by atoms with van der Waals surface area (Å²) in [4.78, 5) is 19.4. The minimum absolute atomic E-state index is 0.341. The first-order valence-electron chi connectivity index (χ1n) is 4.94. The lowest BCUT2D eigenvalue weighted by Crippen LogP contribution is -2.09. The zero-order valence-electron chi connectivity index (χ0n) is 8.78. The van der Waals surface area contributed by atoms with E-state index in [1.54, 1.807) is 0 Å². The first kappa shape index (κ1) is 13.2. The summed E-state index contributed by atoms with van der Waals surface area (Å²) in [5.74, 6) is 0. The fourth-order valence-corrected chi connectivity index (χ4v) is 0.613. The quantitative estimate of drug-likeness (QED) is 0.264. The van der Waals surface area contributed by atoms with Crippen LogP contribution in [0, 0.1) is 0 Å². The zero-order chi connectivity index (χ0) is 10.6. The summed E-state index contributed by atoms with van der Waals surface area (Å²) in [7, 11) is 0. The Labute approximate surface area is 84.1 Å². The van der Waals surface area contributed by atoms with Gasteiger partial charge in [-0.3, -0.25) is 0 Å². The number of carbonyl (C=O) groups is 1. The van der Waals surface area contributed by atoms with Gasteiger partial charge < -0.3 is 4.74 Å². The molecule has 0 aliphatic heterocycles. The van der Waals surface area contributed by atoms with Gasteiger partial charge in [0.2, 0.25) is 0 Å². The molecule has 0 N–H and O–H groups in total. The SMILES string of the molecule is CCCCOOOC(=O)OCCCC. The van der Waals surface area contributed by atoms with E-state index < -0.39 is 6.16 Å². The van der Waals surface area contributed by atoms with Gasteiger partial charge in [0.05, 0.1) is 13.2 Å². The summed E-state index contributed by atoms with van der Waals surface area (Å²) in [6, 6.07) is 0. The van der Waals surface area contributed by atoms with Crippen molar-refractivity contribution in [3.05, 3.63) is 0 Å². The molecule has 14 heavy (non-hydrogen) atoms. The number of hydrogen-bond donors (Lipinski definition) is 0. The Morgan fingerprint density at radius 3 is 2.36 bits per heavy atom. The predicted molar refractivity (Wildman–Crippen MR) is 49.3 cm³/mol. The van der Waals surface area contributed by atoms with Gasteiger partial charge in [0.25, 0.3) is 0 Å². The first-order chi connectivity index (χ1) is 6.81. The van der Waals surface area contributed by atoms with Crippen LogP contribution in [0.15, 0.2) is 0 Å². The van der Waals surface area contributed by atoms with E-state index in [9.17, 15) is 4.79 Å². The first-order valence-corrected chi connectivity index (χ1v) is 4.94. The highest BCUT2D eigenvalue weighted by Gasteiger charge is 2.04. The van der Waals surface area contributed by atoms with E-state index in [2.05, 4.69) is 19.6 Å². The molecular weight excluding hydrogens is 188 g/mol. The lowest BCUT2D eigenvalue weighted by Gasteiger charge is -2.02. The predicted octanol–water partition coefficient (Wildman–Crippen LogP) is 2.60. The van der Waals surface area contributed by atoms with Gasteiger partial charge in [0.1, 0.15) is 0 Å². The van der Waals surface area contributed by atoms with E-state index in [4.69, 9.17) is 0 Å². The van der Waals surface area contributed by atoms with Crippen molar-refractivity contribution in [2.75, 3.05) is 13.2 Å². The van der Waals surface area contributed by atoms with Gasteiger partial charge >= 0.3 is 6.16 Å². The molecule has 0 fully saturated rings. The second-order valence-electron chi connectivity index (χ2n) is 2.78. The minimum atomic E-state index is -0.866. The van der Waals surface area contributed by atoms with Crippen LogP contribution in [0.2, 0.25) is 0 Å². The van der Waals surface area contributed by atoms with Crippen molar-refractivity contribution in [2.24, 2.45) is 0 Å². The van der Waals surface area contributed by atoms with E-state index in [1.807, 2.05) is 13.8 Å². The number of hydrogen-bond acceptors (Lipinski definition) is 5. The molecule has 0 aromatic rings. The standard InChI is InChI=1S/C9H18O5/c1-3-5-7-11-9(10)13-14-12-8-6-4-2/h3-8H2,1-2H3. The van der Waals surface area contributed by atoms with Crippen LogP contribution < -0.4 is 0 Å². The van der Waals surface area contributed by atoms with Crippen molar-refractivity contribution in [2.45, 2.75) is 39.5 Å². The molecule has 0 spiro atoms. The Bertz CT molecular complexity index is 137. The van der Waals surface area contributed by atoms with E-state index in [0.29, 0.717) is 13.2 Å². The molecule has 0 amide bonds. The average Bonchev–Trinajstić information content (AvgIpc) is 2.18. The number of rotatable bonds is 8. The van der Waals surface area contributed by atoms with Crippen molar-refractivity contribution in [1.29, 1.82) is 0 Å². The lowest BCUT2D eigenvalue weighted by molar-refractivity contribution is -0.486. The Morgan fingerprint density at radius 2 is 1.71 bits per heavy atom. The maximum absolute atomic E-state index is 10.7. The highest BCUT2D eigenvalue weighted by molar-refractivity contribution is 5.58. The molecule has 0 atom stereocenters. The third-order valence-corrected chi connectivity index (χ3v) is 1.45. The third-order valence-electron chi connectivity index (χ3n) is 1.45. The normalized spacial score (nSPS) is 9.86. The lowest BCUT2D eigenvalue weighted by atomic mass is 10.4. The van der Waals surface area contributed by atoms with Crippen LogP contribution in [-0.4, -0.2) is 19.4 Å². The van der Waals surface area contributed by atoms with Crippen LogP contribution in [0.4, 0.5) is 4.79 Å². The number of ether oxygens (including phenoxy) is 1. The van der Waals surface area contributed by atoms with Crippen molar-refractivity contribution in [3.8, 4) is 0 Å². The molecule has 0 bridgehead atoms. The van der Waals surface area contributed by atoms with Crippen molar-refractivity contribution >= 4 is 6.16 Å². The van der Waals surface area contributed by atoms with Crippen molar-refractivity contribution in [1.82, 2.24) is 0 Å². The molecule has 0 heterocycles. The highest BCUT2D eigenvalue weighted by Crippen LogP contribution is 1.94. The van der Waals surface area contributed by atoms with Crippen LogP contribution in [0.3, 0.4) is 0 Å². The molecule has 0 aliphatic carbocycles. The summed E-state index contributed by atoms with van der Waals surface area (Å²) < 4.78 is 4.62. The molecule has 5 nitrogen and oxygen atoms in total. The van der Waals surface area contributed by atoms with Crippen molar-refractivity contribution < 1.29 is 24.3 Å². The molecule has 0 rings (SSSR count). The van der Waals surface area contributed by atoms with Gasteiger partial charge in [-0.2, -0.15) is 4.89 Å². The Balaban J connectivity index is 3.10. The summed E-state index contributed by atoms with van der Waals surface area (Å²) in [5, 5.41) is 4.15. The fourth-order valence-electron chi connectivity index (χ4n) is 0.613. The number of unbranched alkanes of at least 4 members (excludes halogenated alkanes) is 2. The van der Waals surface area contributed by atoms with Gasteiger partial charge in [0.15, 0.2) is 0 Å². The van der Waals surface area contributed by atoms with Crippen LogP contribution in [-0.2, 0) is 19.6 Å². The molecule has 0 aromatic heterocycles. The molecule has 0 unspecified atom stereocenters. The van der Waals surface area contributed by atoms with Gasteiger partial charge in [-0.25, -0.2) is 9.68 Å². The van der Waals surface area contributed by atoms with Crippen LogP contribution in [0.25, 0.3) is 0 Å². The maximum Gasteiger partial charge on any atom is 0.542 e. The van der Waals surface area contributed by atoms with E-state index in [-0.39, 0.29) is 0 Å². The van der Waals surface area contributed by atoms with Crippen LogP contribution in [0.1, 0.15) is 39.5 Å². The smallest absolute Gasteiger partial charge is 0.432 e. The van der Waals surface area contributed by atoms with Gasteiger partial charge in [-0.15, -0.1) is 0 Å². The summed E-state index contributed by atoms with van der Waals surface area (Å²) in [6.45, 7) is 4.76. The third kappa shape index (κ3) is 9.28. The second-order valence-corrected chi connectivity index (χ2v) is 2.78. The van der Waals surface area contributed by atoms with Crippen LogP contribution in [0.5, 0.6) is 0 Å². The van der Waals surface area contributed by atoms with E-state index in [0.717, 1.165) is 25.7 Å². The van der Waals surface area contributed by atoms with Gasteiger partial charge in [-0.05, 0) is 17.9 Å². The molecule has 0 saturated carbocycles. The largest absolute Gasteiger partial charge is 0.542 e. The molecule has 0 saturated heterocycles. The zero-order valence-corrected chi connectivity index (χ0v) is 8.78. The topological polar surface area (TPSA) is 54.0 Å². The molecule has 0 aromatic carbocycles. The van der Waals surface area contributed by atoms with Gasteiger partial charge in [-0.1, -0.05) is 26.7 Å². The highest BCUT2D eigenvalue weighted by atomic mass is 17.5. The number of carbonyl (C=O) groups excluding carboxylic acids is 1. The van der Waals surface area contributed by atoms with Crippen LogP contribution >= 0.6 is 0 Å². The monoisotopic (exact) mass is 206 g/mol. The molecule has 5 heteroatoms. The second kappa shape index (κ2) is 10.3. The summed E-state index contributed by atoms with van der Waals surface area (Å²) >= 11 is 0. The minimum Gasteiger partial charge on any atom is -0.432 e. The van der Waals surface area contributed by atoms with Gasteiger partial charge in [0, 0.05) is 0 Å². The fraction of sp³-hybridized carbons (Fsp3) is 0.889. The average molecular weight is 206 g/mol.